The Hall–Kier alpha value is -2.49. The molecule has 1 heterocycles. The average molecular weight is 420 g/mol. The van der Waals surface area contributed by atoms with Gasteiger partial charge in [0.25, 0.3) is 10.0 Å². The number of sulfonamides is 2. The molecule has 0 spiro atoms. The van der Waals surface area contributed by atoms with Gasteiger partial charge < -0.3 is 0 Å². The van der Waals surface area contributed by atoms with E-state index in [-0.39, 0.29) is 9.79 Å². The molecular weight excluding hydrogens is 398 g/mol. The summed E-state index contributed by atoms with van der Waals surface area (Å²) < 4.78 is 54.4. The van der Waals surface area contributed by atoms with Crippen LogP contribution >= 0.6 is 0 Å². The standard InChI is InChI=1S/C19H21N3O4S2/c1-3-22(4-2)28(25,26)17-12-10-16(11-13-17)27(23,24)21-18-9-5-7-15-8-6-14-20-19(15)18/h5-14,21H,3-4H2,1-2H3. The average Bonchev–Trinajstić information content (AvgIpc) is 2.69. The number of fused-ring (bicyclic) bond motifs is 1. The van der Waals surface area contributed by atoms with Gasteiger partial charge in [-0.05, 0) is 36.4 Å². The van der Waals surface area contributed by atoms with Gasteiger partial charge in [0.15, 0.2) is 0 Å². The first-order valence-electron chi connectivity index (χ1n) is 8.76. The molecule has 0 saturated carbocycles. The Bertz CT molecular complexity index is 1180. The van der Waals surface area contributed by atoms with E-state index in [1.54, 1.807) is 38.2 Å². The highest BCUT2D eigenvalue weighted by atomic mass is 32.2. The fourth-order valence-electron chi connectivity index (χ4n) is 2.89. The zero-order valence-corrected chi connectivity index (χ0v) is 17.2. The van der Waals surface area contributed by atoms with Gasteiger partial charge in [0.2, 0.25) is 10.0 Å². The van der Waals surface area contributed by atoms with Crippen LogP contribution < -0.4 is 4.72 Å². The van der Waals surface area contributed by atoms with Crippen LogP contribution in [0.4, 0.5) is 5.69 Å². The molecule has 0 aliphatic carbocycles. The van der Waals surface area contributed by atoms with Crippen molar-refractivity contribution < 1.29 is 16.8 Å². The molecule has 28 heavy (non-hydrogen) atoms. The van der Waals surface area contributed by atoms with E-state index in [0.717, 1.165) is 5.39 Å². The minimum absolute atomic E-state index is 0.0288. The minimum atomic E-state index is -3.90. The Morgan fingerprint density at radius 3 is 2.11 bits per heavy atom. The molecule has 0 aliphatic rings. The maximum Gasteiger partial charge on any atom is 0.261 e. The fourth-order valence-corrected chi connectivity index (χ4v) is 5.42. The van der Waals surface area contributed by atoms with Crippen LogP contribution in [-0.4, -0.2) is 39.2 Å². The van der Waals surface area contributed by atoms with Crippen LogP contribution in [0.15, 0.2) is 70.6 Å². The summed E-state index contributed by atoms with van der Waals surface area (Å²) in [6, 6.07) is 14.0. The summed E-state index contributed by atoms with van der Waals surface area (Å²) in [5.74, 6) is 0. The normalized spacial score (nSPS) is 12.4. The Kier molecular flexibility index (Phi) is 5.69. The van der Waals surface area contributed by atoms with Crippen molar-refractivity contribution in [2.45, 2.75) is 23.6 Å². The smallest absolute Gasteiger partial charge is 0.261 e. The van der Waals surface area contributed by atoms with Crippen LogP contribution in [0.2, 0.25) is 0 Å². The lowest BCUT2D eigenvalue weighted by atomic mass is 10.2. The highest BCUT2D eigenvalue weighted by Crippen LogP contribution is 2.25. The summed E-state index contributed by atoms with van der Waals surface area (Å²) >= 11 is 0. The predicted octanol–water partition coefficient (Wildman–Crippen LogP) is 3.07. The maximum absolute atomic E-state index is 12.8. The Balaban J connectivity index is 1.93. The molecule has 9 heteroatoms. The lowest BCUT2D eigenvalue weighted by molar-refractivity contribution is 0.445. The van der Waals surface area contributed by atoms with Gasteiger partial charge in [0, 0.05) is 24.7 Å². The predicted molar refractivity (Wildman–Crippen MR) is 109 cm³/mol. The number of nitrogens with one attached hydrogen (secondary N) is 1. The maximum atomic E-state index is 12.8. The molecule has 148 valence electrons. The first kappa shape index (κ1) is 20.2. The van der Waals surface area contributed by atoms with Gasteiger partial charge in [0.1, 0.15) is 0 Å². The molecule has 0 atom stereocenters. The zero-order chi connectivity index (χ0) is 20.4. The van der Waals surface area contributed by atoms with Crippen molar-refractivity contribution in [2.75, 3.05) is 17.8 Å². The van der Waals surface area contributed by atoms with Crippen molar-refractivity contribution in [3.05, 3.63) is 60.8 Å². The van der Waals surface area contributed by atoms with E-state index in [4.69, 9.17) is 0 Å². The highest BCUT2D eigenvalue weighted by molar-refractivity contribution is 7.92. The SMILES string of the molecule is CCN(CC)S(=O)(=O)c1ccc(S(=O)(=O)Nc2cccc3cccnc23)cc1. The first-order valence-corrected chi connectivity index (χ1v) is 11.7. The number of rotatable bonds is 7. The Morgan fingerprint density at radius 2 is 1.46 bits per heavy atom. The van der Waals surface area contributed by atoms with Crippen LogP contribution in [0.25, 0.3) is 10.9 Å². The van der Waals surface area contributed by atoms with Crippen molar-refractivity contribution >= 4 is 36.6 Å². The highest BCUT2D eigenvalue weighted by Gasteiger charge is 2.23. The molecule has 0 saturated heterocycles. The van der Waals surface area contributed by atoms with Crippen LogP contribution in [0.3, 0.4) is 0 Å². The van der Waals surface area contributed by atoms with Crippen molar-refractivity contribution in [1.82, 2.24) is 9.29 Å². The molecule has 0 aliphatic heterocycles. The summed E-state index contributed by atoms with van der Waals surface area (Å²) in [4.78, 5) is 4.26. The van der Waals surface area contributed by atoms with Gasteiger partial charge in [0.05, 0.1) is 21.0 Å². The van der Waals surface area contributed by atoms with E-state index in [1.165, 1.54) is 28.6 Å². The lowest BCUT2D eigenvalue weighted by Gasteiger charge is -2.18. The molecule has 1 aromatic heterocycles. The van der Waals surface area contributed by atoms with Gasteiger partial charge in [-0.1, -0.05) is 32.0 Å². The molecule has 2 aromatic carbocycles. The van der Waals surface area contributed by atoms with Crippen LogP contribution in [0.1, 0.15) is 13.8 Å². The van der Waals surface area contributed by atoms with Gasteiger partial charge in [-0.15, -0.1) is 0 Å². The van der Waals surface area contributed by atoms with Gasteiger partial charge in [-0.3, -0.25) is 9.71 Å². The van der Waals surface area contributed by atoms with Crippen LogP contribution in [0, 0.1) is 0 Å². The Labute approximate surface area is 165 Å². The number of hydrogen-bond acceptors (Lipinski definition) is 5. The van der Waals surface area contributed by atoms with E-state index in [2.05, 4.69) is 9.71 Å². The second kappa shape index (κ2) is 7.86. The van der Waals surface area contributed by atoms with Crippen molar-refractivity contribution in [3.8, 4) is 0 Å². The number of para-hydroxylation sites is 1. The number of anilines is 1. The largest absolute Gasteiger partial charge is 0.277 e. The summed E-state index contributed by atoms with van der Waals surface area (Å²) in [6.45, 7) is 4.19. The second-order valence-corrected chi connectivity index (χ2v) is 9.67. The molecule has 0 fully saturated rings. The van der Waals surface area contributed by atoms with Crippen molar-refractivity contribution in [1.29, 1.82) is 0 Å². The fraction of sp³-hybridized carbons (Fsp3) is 0.211. The van der Waals surface area contributed by atoms with Gasteiger partial charge in [-0.2, -0.15) is 4.31 Å². The third-order valence-electron chi connectivity index (χ3n) is 4.35. The van der Waals surface area contributed by atoms with E-state index < -0.39 is 20.0 Å². The monoisotopic (exact) mass is 419 g/mol. The third kappa shape index (κ3) is 3.87. The topological polar surface area (TPSA) is 96.4 Å². The van der Waals surface area contributed by atoms with E-state index in [1.807, 2.05) is 12.1 Å². The molecule has 0 amide bonds. The summed E-state index contributed by atoms with van der Waals surface area (Å²) in [5, 5.41) is 0.809. The number of aromatic nitrogens is 1. The second-order valence-electron chi connectivity index (χ2n) is 6.05. The summed E-state index contributed by atoms with van der Waals surface area (Å²) in [5.41, 5.74) is 0.896. The number of nitrogens with zero attached hydrogens (tertiary/aromatic N) is 2. The molecule has 1 N–H and O–H groups in total. The number of benzene rings is 2. The number of pyridine rings is 1. The summed E-state index contributed by atoms with van der Waals surface area (Å²) in [6.07, 6.45) is 1.59. The quantitative estimate of drug-likeness (QED) is 0.635. The minimum Gasteiger partial charge on any atom is -0.277 e. The molecule has 3 rings (SSSR count). The van der Waals surface area contributed by atoms with Crippen LogP contribution in [-0.2, 0) is 20.0 Å². The first-order chi connectivity index (χ1) is 13.3. The molecule has 0 bridgehead atoms. The van der Waals surface area contributed by atoms with E-state index in [0.29, 0.717) is 24.3 Å². The Morgan fingerprint density at radius 1 is 0.857 bits per heavy atom. The molecule has 3 aromatic rings. The van der Waals surface area contributed by atoms with Crippen LogP contribution in [0.5, 0.6) is 0 Å². The summed E-state index contributed by atoms with van der Waals surface area (Å²) in [7, 11) is -7.54. The molecule has 0 unspecified atom stereocenters. The van der Waals surface area contributed by atoms with E-state index >= 15 is 0 Å². The number of hydrogen-bond donors (Lipinski definition) is 1. The molecule has 0 radical (unpaired) electrons. The van der Waals surface area contributed by atoms with Gasteiger partial charge in [-0.25, -0.2) is 16.8 Å². The zero-order valence-electron chi connectivity index (χ0n) is 15.5. The van der Waals surface area contributed by atoms with Crippen molar-refractivity contribution in [3.63, 3.8) is 0 Å². The third-order valence-corrected chi connectivity index (χ3v) is 7.80. The van der Waals surface area contributed by atoms with Gasteiger partial charge >= 0.3 is 0 Å². The molecule has 7 nitrogen and oxygen atoms in total. The van der Waals surface area contributed by atoms with Crippen molar-refractivity contribution in [2.24, 2.45) is 0 Å². The van der Waals surface area contributed by atoms with E-state index in [9.17, 15) is 16.8 Å². The lowest BCUT2D eigenvalue weighted by Crippen LogP contribution is -2.30. The molecular formula is C19H21N3O4S2.